The Morgan fingerprint density at radius 2 is 1.87 bits per heavy atom. The molecule has 0 aliphatic heterocycles. The summed E-state index contributed by atoms with van der Waals surface area (Å²) in [5.74, 6) is 1.44. The third kappa shape index (κ3) is 1.20. The summed E-state index contributed by atoms with van der Waals surface area (Å²) in [6.07, 6.45) is 6.10. The van der Waals surface area contributed by atoms with Crippen molar-refractivity contribution < 1.29 is 9.13 Å². The van der Waals surface area contributed by atoms with E-state index < -0.39 is 5.67 Å². The van der Waals surface area contributed by atoms with Gasteiger partial charge >= 0.3 is 0 Å². The summed E-state index contributed by atoms with van der Waals surface area (Å²) in [4.78, 5) is 0. The molecular weight excluding hydrogens is 191 g/mol. The molecule has 4 aliphatic carbocycles. The maximum atomic E-state index is 14.4. The molecule has 2 unspecified atom stereocenters. The van der Waals surface area contributed by atoms with E-state index in [1.807, 2.05) is 0 Å². The first-order valence-electron chi connectivity index (χ1n) is 6.03. The first-order chi connectivity index (χ1) is 7.06. The average Bonchev–Trinajstić information content (AvgIpc) is 2.12. The minimum atomic E-state index is -0.861. The highest BCUT2D eigenvalue weighted by atomic mass is 19.1. The molecule has 4 saturated carbocycles. The summed E-state index contributed by atoms with van der Waals surface area (Å²) < 4.78 is 20.1. The summed E-state index contributed by atoms with van der Waals surface area (Å²) in [5.41, 5.74) is -0.991. The fourth-order valence-electron chi connectivity index (χ4n) is 4.46. The smallest absolute Gasteiger partial charge is 0.112 e. The van der Waals surface area contributed by atoms with E-state index in [9.17, 15) is 4.39 Å². The van der Waals surface area contributed by atoms with E-state index in [0.29, 0.717) is 30.6 Å². The van der Waals surface area contributed by atoms with Crippen LogP contribution in [0.5, 0.6) is 0 Å². The van der Waals surface area contributed by atoms with Gasteiger partial charge in [0.1, 0.15) is 11.3 Å². The molecule has 15 heavy (non-hydrogen) atoms. The monoisotopic (exact) mass is 210 g/mol. The maximum Gasteiger partial charge on any atom is 0.112 e. The van der Waals surface area contributed by atoms with Crippen molar-refractivity contribution in [3.05, 3.63) is 12.8 Å². The lowest BCUT2D eigenvalue weighted by atomic mass is 9.49. The molecular formula is C13H19FO. The van der Waals surface area contributed by atoms with Gasteiger partial charge in [0.25, 0.3) is 0 Å². The predicted molar refractivity (Wildman–Crippen MR) is 57.1 cm³/mol. The Labute approximate surface area is 90.7 Å². The Balaban J connectivity index is 1.93. The number of alkyl halides is 1. The molecule has 0 aromatic carbocycles. The van der Waals surface area contributed by atoms with Gasteiger partial charge in [0, 0.05) is 11.8 Å². The van der Waals surface area contributed by atoms with Gasteiger partial charge in [0.2, 0.25) is 0 Å². The zero-order valence-electron chi connectivity index (χ0n) is 9.34. The van der Waals surface area contributed by atoms with Gasteiger partial charge in [0.05, 0.1) is 6.26 Å². The summed E-state index contributed by atoms with van der Waals surface area (Å²) in [5, 5.41) is 0. The number of hydrogen-bond donors (Lipinski definition) is 0. The molecule has 4 bridgehead atoms. The van der Waals surface area contributed by atoms with Crippen molar-refractivity contribution in [3.63, 3.8) is 0 Å². The molecule has 1 nitrogen and oxygen atoms in total. The van der Waals surface area contributed by atoms with Crippen molar-refractivity contribution >= 4 is 0 Å². The van der Waals surface area contributed by atoms with Crippen molar-refractivity contribution in [2.75, 3.05) is 0 Å². The molecule has 4 rings (SSSR count). The Morgan fingerprint density at radius 3 is 2.33 bits per heavy atom. The van der Waals surface area contributed by atoms with E-state index in [4.69, 9.17) is 4.74 Å². The van der Waals surface area contributed by atoms with Gasteiger partial charge in [-0.3, -0.25) is 0 Å². The largest absolute Gasteiger partial charge is 0.495 e. The molecule has 0 aromatic rings. The highest BCUT2D eigenvalue weighted by Gasteiger charge is 2.61. The lowest BCUT2D eigenvalue weighted by molar-refractivity contribution is -0.199. The van der Waals surface area contributed by atoms with Crippen LogP contribution in [0.3, 0.4) is 0 Å². The quantitative estimate of drug-likeness (QED) is 0.634. The molecule has 0 saturated heterocycles. The van der Waals surface area contributed by atoms with Crippen molar-refractivity contribution in [3.8, 4) is 0 Å². The molecule has 0 radical (unpaired) electrons. The van der Waals surface area contributed by atoms with Crippen LogP contribution >= 0.6 is 0 Å². The van der Waals surface area contributed by atoms with E-state index >= 15 is 0 Å². The van der Waals surface area contributed by atoms with Gasteiger partial charge in [-0.05, 0) is 44.9 Å². The normalized spacial score (nSPS) is 56.8. The van der Waals surface area contributed by atoms with Crippen LogP contribution in [-0.2, 0) is 4.74 Å². The van der Waals surface area contributed by atoms with Crippen LogP contribution < -0.4 is 0 Å². The zero-order chi connectivity index (χ0) is 10.7. The second kappa shape index (κ2) is 2.78. The number of hydrogen-bond acceptors (Lipinski definition) is 1. The number of ether oxygens (including phenoxy) is 1. The summed E-state index contributed by atoms with van der Waals surface area (Å²) >= 11 is 0. The zero-order valence-corrected chi connectivity index (χ0v) is 9.34. The predicted octanol–water partition coefficient (Wildman–Crippen LogP) is 3.45. The number of rotatable bonds is 2. The lowest BCUT2D eigenvalue weighted by Crippen LogP contribution is -2.61. The second-order valence-corrected chi connectivity index (χ2v) is 5.96. The van der Waals surface area contributed by atoms with Gasteiger partial charge in [-0.15, -0.1) is 0 Å². The molecule has 0 N–H and O–H groups in total. The first kappa shape index (κ1) is 9.68. The second-order valence-electron chi connectivity index (χ2n) is 5.96. The van der Waals surface area contributed by atoms with Crippen LogP contribution in [0.4, 0.5) is 4.39 Å². The molecule has 84 valence electrons. The lowest BCUT2D eigenvalue weighted by Gasteiger charge is -2.61. The van der Waals surface area contributed by atoms with E-state index in [0.717, 1.165) is 19.3 Å². The molecule has 0 spiro atoms. The number of halogens is 1. The highest BCUT2D eigenvalue weighted by Crippen LogP contribution is 2.62. The van der Waals surface area contributed by atoms with Crippen LogP contribution in [0.25, 0.3) is 0 Å². The third-order valence-corrected chi connectivity index (χ3v) is 5.07. The summed E-state index contributed by atoms with van der Waals surface area (Å²) in [6, 6.07) is 0. The van der Waals surface area contributed by atoms with Crippen molar-refractivity contribution in [1.29, 1.82) is 0 Å². The standard InChI is InChI=1S/C13H19FO/c1-3-15-12(2)10-4-9-5-11(12)8-13(14,6-9)7-10/h3,9-11H,1,4-8H2,2H3. The summed E-state index contributed by atoms with van der Waals surface area (Å²) in [7, 11) is 0. The SMILES string of the molecule is C=COC1(C)C2CC3CC1CC(F)(C3)C2. The molecule has 0 aromatic heterocycles. The van der Waals surface area contributed by atoms with Crippen LogP contribution in [-0.4, -0.2) is 11.3 Å². The Hall–Kier alpha value is -0.530. The minimum absolute atomic E-state index is 0.131. The Kier molecular flexibility index (Phi) is 1.79. The van der Waals surface area contributed by atoms with Gasteiger partial charge in [-0.25, -0.2) is 4.39 Å². The van der Waals surface area contributed by atoms with Crippen LogP contribution in [0.1, 0.15) is 39.0 Å². The van der Waals surface area contributed by atoms with Gasteiger partial charge in [-0.2, -0.15) is 0 Å². The minimum Gasteiger partial charge on any atom is -0.495 e. The van der Waals surface area contributed by atoms with Gasteiger partial charge in [-0.1, -0.05) is 6.58 Å². The van der Waals surface area contributed by atoms with Crippen molar-refractivity contribution in [2.24, 2.45) is 17.8 Å². The van der Waals surface area contributed by atoms with Crippen molar-refractivity contribution in [2.45, 2.75) is 50.3 Å². The highest BCUT2D eigenvalue weighted by molar-refractivity contribution is 5.12. The molecule has 2 heteroatoms. The van der Waals surface area contributed by atoms with Crippen LogP contribution in [0.15, 0.2) is 12.8 Å². The van der Waals surface area contributed by atoms with Crippen LogP contribution in [0.2, 0.25) is 0 Å². The molecule has 0 heterocycles. The third-order valence-electron chi connectivity index (χ3n) is 5.07. The van der Waals surface area contributed by atoms with Crippen molar-refractivity contribution in [1.82, 2.24) is 0 Å². The molecule has 4 fully saturated rings. The summed E-state index contributed by atoms with van der Waals surface area (Å²) in [6.45, 7) is 5.82. The fourth-order valence-corrected chi connectivity index (χ4v) is 4.46. The van der Waals surface area contributed by atoms with E-state index in [1.54, 1.807) is 6.26 Å². The van der Waals surface area contributed by atoms with E-state index in [2.05, 4.69) is 13.5 Å². The average molecular weight is 210 g/mol. The molecule has 2 atom stereocenters. The maximum absolute atomic E-state index is 14.4. The molecule has 0 amide bonds. The molecule has 4 aliphatic rings. The Bertz CT molecular complexity index is 283. The topological polar surface area (TPSA) is 9.23 Å². The first-order valence-corrected chi connectivity index (χ1v) is 6.03. The van der Waals surface area contributed by atoms with E-state index in [-0.39, 0.29) is 5.60 Å². The van der Waals surface area contributed by atoms with Gasteiger partial charge < -0.3 is 4.74 Å². The fraction of sp³-hybridized carbons (Fsp3) is 0.846. The van der Waals surface area contributed by atoms with E-state index in [1.165, 1.54) is 0 Å². The van der Waals surface area contributed by atoms with Gasteiger partial charge in [0.15, 0.2) is 0 Å². The Morgan fingerprint density at radius 1 is 1.27 bits per heavy atom. The van der Waals surface area contributed by atoms with Crippen LogP contribution in [0, 0.1) is 17.8 Å².